The second kappa shape index (κ2) is 7.42. The highest BCUT2D eigenvalue weighted by Crippen LogP contribution is 2.34. The number of fused-ring (bicyclic) bond motifs is 1. The Kier molecular flexibility index (Phi) is 4.96. The maximum Gasteiger partial charge on any atom is 0.167 e. The molecule has 0 atom stereocenters. The summed E-state index contributed by atoms with van der Waals surface area (Å²) in [6.07, 6.45) is 0.366. The first-order valence-electron chi connectivity index (χ1n) is 8.95. The number of halogens is 2. The summed E-state index contributed by atoms with van der Waals surface area (Å²) in [5.74, 6) is 0.656. The van der Waals surface area contributed by atoms with Gasteiger partial charge in [-0.05, 0) is 49.7 Å². The Balaban J connectivity index is 1.67. The normalized spacial score (nSPS) is 11.1. The molecule has 0 aliphatic carbocycles. The van der Waals surface area contributed by atoms with Gasteiger partial charge in [0.25, 0.3) is 0 Å². The minimum atomic E-state index is 0.0684. The number of nitrogens with one attached hydrogen (secondary N) is 1. The third kappa shape index (κ3) is 3.68. The van der Waals surface area contributed by atoms with Gasteiger partial charge in [-0.15, -0.1) is 0 Å². The molecule has 0 radical (unpaired) electrons. The topological polar surface area (TPSA) is 45.8 Å². The van der Waals surface area contributed by atoms with Crippen LogP contribution in [0.25, 0.3) is 22.4 Å². The molecule has 0 fully saturated rings. The molecule has 0 saturated carbocycles. The maximum absolute atomic E-state index is 12.8. The predicted molar refractivity (Wildman–Crippen MR) is 116 cm³/mol. The lowest BCUT2D eigenvalue weighted by molar-refractivity contribution is 0.0993. The van der Waals surface area contributed by atoms with Crippen molar-refractivity contribution in [3.05, 3.63) is 86.9 Å². The average molecular weight is 409 g/mol. The van der Waals surface area contributed by atoms with Crippen LogP contribution in [-0.4, -0.2) is 15.8 Å². The molecule has 0 bridgehead atoms. The number of Topliss-reactive ketones (excluding diaryl/α,β-unsaturated/α-hetero) is 1. The Labute approximate surface area is 173 Å². The van der Waals surface area contributed by atoms with E-state index in [4.69, 9.17) is 23.2 Å². The number of aromatic nitrogens is 2. The van der Waals surface area contributed by atoms with Crippen LogP contribution in [-0.2, 0) is 6.42 Å². The van der Waals surface area contributed by atoms with Crippen molar-refractivity contribution in [1.29, 1.82) is 0 Å². The molecular weight excluding hydrogens is 391 g/mol. The Morgan fingerprint density at radius 3 is 2.32 bits per heavy atom. The summed E-state index contributed by atoms with van der Waals surface area (Å²) in [5, 5.41) is 1.05. The third-order valence-corrected chi connectivity index (χ3v) is 5.28. The summed E-state index contributed by atoms with van der Waals surface area (Å²) in [7, 11) is 0. The molecule has 1 N–H and O–H groups in total. The van der Waals surface area contributed by atoms with E-state index in [9.17, 15) is 4.79 Å². The van der Waals surface area contributed by atoms with Gasteiger partial charge < -0.3 is 4.98 Å². The zero-order chi connectivity index (χ0) is 19.8. The molecule has 0 aliphatic rings. The number of rotatable bonds is 4. The van der Waals surface area contributed by atoms with Crippen molar-refractivity contribution < 1.29 is 4.79 Å². The van der Waals surface area contributed by atoms with Gasteiger partial charge in [-0.25, -0.2) is 4.98 Å². The second-order valence-electron chi connectivity index (χ2n) is 7.01. The number of hydrogen-bond acceptors (Lipinski definition) is 2. The highest BCUT2D eigenvalue weighted by molar-refractivity contribution is 6.39. The van der Waals surface area contributed by atoms with Crippen molar-refractivity contribution in [2.75, 3.05) is 0 Å². The molecule has 0 unspecified atom stereocenters. The number of aryl methyl sites for hydroxylation is 2. The number of carbonyl (C=O) groups is 1. The zero-order valence-electron chi connectivity index (χ0n) is 15.5. The summed E-state index contributed by atoms with van der Waals surface area (Å²) in [6.45, 7) is 4.08. The summed E-state index contributed by atoms with van der Waals surface area (Å²) in [6, 6.07) is 17.0. The predicted octanol–water partition coefficient (Wildman–Crippen LogP) is 6.58. The van der Waals surface area contributed by atoms with Crippen LogP contribution in [0.5, 0.6) is 0 Å². The van der Waals surface area contributed by atoms with Gasteiger partial charge in [0.1, 0.15) is 5.82 Å². The average Bonchev–Trinajstić information content (AvgIpc) is 3.03. The minimum absolute atomic E-state index is 0.0684. The lowest BCUT2D eigenvalue weighted by Crippen LogP contribution is -2.04. The monoisotopic (exact) mass is 408 g/mol. The molecule has 0 saturated heterocycles. The van der Waals surface area contributed by atoms with E-state index in [-0.39, 0.29) is 5.78 Å². The van der Waals surface area contributed by atoms with Crippen LogP contribution in [0.15, 0.2) is 54.6 Å². The highest BCUT2D eigenvalue weighted by Gasteiger charge is 2.14. The maximum atomic E-state index is 12.8. The van der Waals surface area contributed by atoms with Crippen LogP contribution in [0, 0.1) is 13.8 Å². The summed E-state index contributed by atoms with van der Waals surface area (Å²) >= 11 is 12.6. The molecule has 0 amide bonds. The van der Waals surface area contributed by atoms with Crippen LogP contribution in [0.4, 0.5) is 0 Å². The first-order valence-corrected chi connectivity index (χ1v) is 9.71. The lowest BCUT2D eigenvalue weighted by atomic mass is 9.99. The lowest BCUT2D eigenvalue weighted by Gasteiger charge is -2.05. The molecule has 0 aliphatic heterocycles. The number of hydrogen-bond donors (Lipinski definition) is 1. The Bertz CT molecular complexity index is 1170. The molecular formula is C23H18Cl2N2O. The van der Waals surface area contributed by atoms with E-state index in [2.05, 4.69) is 28.2 Å². The molecule has 140 valence electrons. The van der Waals surface area contributed by atoms with Gasteiger partial charge >= 0.3 is 0 Å². The molecule has 4 aromatic rings. The Morgan fingerprint density at radius 1 is 0.964 bits per heavy atom. The van der Waals surface area contributed by atoms with E-state index >= 15 is 0 Å². The van der Waals surface area contributed by atoms with Gasteiger partial charge in [0, 0.05) is 12.0 Å². The van der Waals surface area contributed by atoms with Crippen molar-refractivity contribution >= 4 is 40.0 Å². The van der Waals surface area contributed by atoms with Crippen molar-refractivity contribution in [2.45, 2.75) is 20.3 Å². The minimum Gasteiger partial charge on any atom is -0.338 e. The SMILES string of the molecule is Cc1cc(C)cc(CC(=O)c2ccc3nc(-c4c(Cl)cccc4Cl)[nH]c3c2)c1. The molecule has 1 heterocycles. The number of imidazole rings is 1. The van der Waals surface area contributed by atoms with Crippen molar-refractivity contribution in [3.8, 4) is 11.4 Å². The zero-order valence-corrected chi connectivity index (χ0v) is 17.0. The summed E-state index contributed by atoms with van der Waals surface area (Å²) in [4.78, 5) is 20.6. The largest absolute Gasteiger partial charge is 0.338 e. The first kappa shape index (κ1) is 18.7. The van der Waals surface area contributed by atoms with E-state index in [0.717, 1.165) is 27.7 Å². The van der Waals surface area contributed by atoms with E-state index in [0.29, 0.717) is 33.4 Å². The molecule has 0 spiro atoms. The van der Waals surface area contributed by atoms with Gasteiger partial charge in [0.05, 0.1) is 26.6 Å². The number of nitrogens with zero attached hydrogens (tertiary/aromatic N) is 1. The number of carbonyl (C=O) groups excluding carboxylic acids is 1. The van der Waals surface area contributed by atoms with Crippen LogP contribution in [0.2, 0.25) is 10.0 Å². The molecule has 3 nitrogen and oxygen atoms in total. The van der Waals surface area contributed by atoms with E-state index in [1.54, 1.807) is 18.2 Å². The summed E-state index contributed by atoms with van der Waals surface area (Å²) < 4.78 is 0. The smallest absolute Gasteiger partial charge is 0.167 e. The molecule has 1 aromatic heterocycles. The van der Waals surface area contributed by atoms with E-state index in [1.165, 1.54) is 0 Å². The second-order valence-corrected chi connectivity index (χ2v) is 7.82. The fraction of sp³-hybridized carbons (Fsp3) is 0.130. The van der Waals surface area contributed by atoms with Crippen molar-refractivity contribution in [2.24, 2.45) is 0 Å². The first-order chi connectivity index (χ1) is 13.4. The standard InChI is InChI=1S/C23H18Cl2N2O/c1-13-8-14(2)10-15(9-13)11-21(28)16-6-7-19-20(12-16)27-23(26-19)22-17(24)4-3-5-18(22)25/h3-10,12H,11H2,1-2H3,(H,26,27). The number of benzene rings is 3. The Morgan fingerprint density at radius 2 is 1.64 bits per heavy atom. The van der Waals surface area contributed by atoms with Gasteiger partial charge in [0.2, 0.25) is 0 Å². The van der Waals surface area contributed by atoms with Gasteiger partial charge in [-0.2, -0.15) is 0 Å². The number of aromatic amines is 1. The van der Waals surface area contributed by atoms with Crippen LogP contribution in [0.1, 0.15) is 27.0 Å². The van der Waals surface area contributed by atoms with Gasteiger partial charge in [0.15, 0.2) is 5.78 Å². The Hall–Kier alpha value is -2.62. The molecule has 3 aromatic carbocycles. The highest BCUT2D eigenvalue weighted by atomic mass is 35.5. The van der Waals surface area contributed by atoms with Crippen LogP contribution in [0.3, 0.4) is 0 Å². The van der Waals surface area contributed by atoms with Gasteiger partial charge in [-0.1, -0.05) is 58.6 Å². The van der Waals surface area contributed by atoms with Gasteiger partial charge in [-0.3, -0.25) is 4.79 Å². The van der Waals surface area contributed by atoms with Crippen LogP contribution >= 0.6 is 23.2 Å². The third-order valence-electron chi connectivity index (χ3n) is 4.65. The van der Waals surface area contributed by atoms with E-state index in [1.807, 2.05) is 32.0 Å². The summed E-state index contributed by atoms with van der Waals surface area (Å²) in [5.41, 5.74) is 6.18. The van der Waals surface area contributed by atoms with E-state index < -0.39 is 0 Å². The van der Waals surface area contributed by atoms with Crippen LogP contribution < -0.4 is 0 Å². The molecule has 28 heavy (non-hydrogen) atoms. The molecule has 4 rings (SSSR count). The fourth-order valence-electron chi connectivity index (χ4n) is 3.48. The fourth-order valence-corrected chi connectivity index (χ4v) is 4.06. The number of H-pyrrole nitrogens is 1. The molecule has 5 heteroatoms. The number of ketones is 1. The van der Waals surface area contributed by atoms with Crippen molar-refractivity contribution in [1.82, 2.24) is 9.97 Å². The quantitative estimate of drug-likeness (QED) is 0.387. The van der Waals surface area contributed by atoms with Crippen molar-refractivity contribution in [3.63, 3.8) is 0 Å².